The van der Waals surface area contributed by atoms with E-state index in [-0.39, 0.29) is 5.69 Å². The summed E-state index contributed by atoms with van der Waals surface area (Å²) < 4.78 is 37.6. The summed E-state index contributed by atoms with van der Waals surface area (Å²) in [6.45, 7) is 0. The number of carbonyl (C=O) groups excluding carboxylic acids is 1. The third kappa shape index (κ3) is 3.55. The predicted molar refractivity (Wildman–Crippen MR) is 87.1 cm³/mol. The first-order valence-corrected chi connectivity index (χ1v) is 7.13. The Bertz CT molecular complexity index is 968. The van der Waals surface area contributed by atoms with Gasteiger partial charge in [0.2, 0.25) is 0 Å². The molecule has 3 aromatic rings. The van der Waals surface area contributed by atoms with Crippen molar-refractivity contribution in [3.63, 3.8) is 0 Å². The predicted octanol–water partition coefficient (Wildman–Crippen LogP) is 4.70. The van der Waals surface area contributed by atoms with Crippen LogP contribution in [0.4, 0.5) is 29.3 Å². The van der Waals surface area contributed by atoms with Crippen molar-refractivity contribution in [1.29, 1.82) is 5.26 Å². The van der Waals surface area contributed by atoms with Crippen LogP contribution in [0.5, 0.6) is 0 Å². The van der Waals surface area contributed by atoms with Gasteiger partial charge in [-0.2, -0.15) is 18.4 Å². The summed E-state index contributed by atoms with van der Waals surface area (Å²) in [5.41, 5.74) is 1.07. The van der Waals surface area contributed by atoms with E-state index in [0.717, 1.165) is 17.6 Å². The quantitative estimate of drug-likeness (QED) is 0.630. The first kappa shape index (κ1) is 16.4. The van der Waals surface area contributed by atoms with Gasteiger partial charge in [0.25, 0.3) is 0 Å². The Labute approximate surface area is 140 Å². The monoisotopic (exact) mass is 344 g/mol. The number of rotatable bonds is 2. The largest absolute Gasteiger partial charge is 0.416 e. The molecule has 0 aliphatic rings. The molecule has 0 bridgehead atoms. The van der Waals surface area contributed by atoms with Gasteiger partial charge in [0.1, 0.15) is 0 Å². The molecule has 25 heavy (non-hydrogen) atoms. The number of nitriles is 1. The van der Waals surface area contributed by atoms with Crippen LogP contribution in [0.3, 0.4) is 0 Å². The fraction of sp³-hybridized carbons (Fsp3) is 0.0588. The van der Waals surface area contributed by atoms with E-state index in [1.54, 1.807) is 24.4 Å². The molecule has 2 amide bonds. The lowest BCUT2D eigenvalue weighted by molar-refractivity contribution is -0.137. The molecule has 3 rings (SSSR count). The molecular formula is C17H11F3N4O. The van der Waals surface area contributed by atoms with Crippen LogP contribution in [0.25, 0.3) is 10.9 Å². The molecule has 0 fully saturated rings. The number of alkyl halides is 3. The molecule has 1 aromatic heterocycles. The first-order valence-electron chi connectivity index (χ1n) is 7.13. The molecule has 0 spiro atoms. The highest BCUT2D eigenvalue weighted by Gasteiger charge is 2.29. The van der Waals surface area contributed by atoms with Gasteiger partial charge in [-0.15, -0.1) is 0 Å². The smallest absolute Gasteiger partial charge is 0.359 e. The second-order valence-corrected chi connectivity index (χ2v) is 5.23. The number of amides is 2. The van der Waals surface area contributed by atoms with Crippen molar-refractivity contribution >= 4 is 28.3 Å². The lowest BCUT2D eigenvalue weighted by atomic mass is 10.1. The van der Waals surface area contributed by atoms with Crippen LogP contribution in [-0.4, -0.2) is 11.0 Å². The van der Waals surface area contributed by atoms with Crippen LogP contribution in [0.1, 0.15) is 11.1 Å². The third-order valence-corrected chi connectivity index (χ3v) is 3.53. The number of H-pyrrole nitrogens is 1. The minimum Gasteiger partial charge on any atom is -0.359 e. The number of aromatic nitrogens is 1. The van der Waals surface area contributed by atoms with Gasteiger partial charge in [-0.05, 0) is 42.5 Å². The Hall–Kier alpha value is -3.47. The number of urea groups is 1. The van der Waals surface area contributed by atoms with E-state index in [1.165, 1.54) is 12.1 Å². The Morgan fingerprint density at radius 2 is 1.80 bits per heavy atom. The van der Waals surface area contributed by atoms with Crippen molar-refractivity contribution in [3.05, 3.63) is 59.8 Å². The van der Waals surface area contributed by atoms with E-state index in [4.69, 9.17) is 5.26 Å². The number of anilines is 2. The number of hydrogen-bond acceptors (Lipinski definition) is 2. The zero-order valence-electron chi connectivity index (χ0n) is 12.6. The van der Waals surface area contributed by atoms with Crippen molar-refractivity contribution in [2.24, 2.45) is 0 Å². The molecule has 0 saturated carbocycles. The van der Waals surface area contributed by atoms with Crippen molar-refractivity contribution in [1.82, 2.24) is 4.98 Å². The van der Waals surface area contributed by atoms with Crippen LogP contribution in [0.2, 0.25) is 0 Å². The minimum absolute atomic E-state index is 0.225. The molecule has 0 saturated heterocycles. The summed E-state index contributed by atoms with van der Waals surface area (Å²) in [5, 5.41) is 14.6. The summed E-state index contributed by atoms with van der Waals surface area (Å²) in [7, 11) is 0. The van der Waals surface area contributed by atoms with Gasteiger partial charge in [0.15, 0.2) is 0 Å². The van der Waals surface area contributed by atoms with Gasteiger partial charge < -0.3 is 15.6 Å². The number of fused-ring (bicyclic) bond motifs is 1. The fourth-order valence-corrected chi connectivity index (χ4v) is 2.32. The molecule has 2 aromatic carbocycles. The second kappa shape index (κ2) is 6.20. The summed E-state index contributed by atoms with van der Waals surface area (Å²) in [6.07, 6.45) is -2.86. The van der Waals surface area contributed by atoms with E-state index in [0.29, 0.717) is 16.6 Å². The minimum atomic E-state index is -4.43. The molecular weight excluding hydrogens is 333 g/mol. The highest BCUT2D eigenvalue weighted by molar-refractivity contribution is 6.06. The molecule has 0 aliphatic heterocycles. The van der Waals surface area contributed by atoms with Gasteiger partial charge in [0.05, 0.1) is 22.9 Å². The fourth-order valence-electron chi connectivity index (χ4n) is 2.32. The second-order valence-electron chi connectivity index (χ2n) is 5.23. The Morgan fingerprint density at radius 1 is 1.08 bits per heavy atom. The molecule has 1 heterocycles. The lowest BCUT2D eigenvalue weighted by Gasteiger charge is -2.09. The molecule has 0 unspecified atom stereocenters. The average molecular weight is 344 g/mol. The van der Waals surface area contributed by atoms with Gasteiger partial charge in [-0.3, -0.25) is 0 Å². The maximum atomic E-state index is 12.5. The topological polar surface area (TPSA) is 80.7 Å². The molecule has 0 aliphatic carbocycles. The normalized spacial score (nSPS) is 11.1. The zero-order chi connectivity index (χ0) is 18.0. The molecule has 0 radical (unpaired) electrons. The summed E-state index contributed by atoms with van der Waals surface area (Å²) in [4.78, 5) is 15.0. The summed E-state index contributed by atoms with van der Waals surface area (Å²) in [6, 6.07) is 10.5. The van der Waals surface area contributed by atoms with Crippen molar-refractivity contribution < 1.29 is 18.0 Å². The zero-order valence-corrected chi connectivity index (χ0v) is 12.6. The van der Waals surface area contributed by atoms with E-state index in [9.17, 15) is 18.0 Å². The van der Waals surface area contributed by atoms with E-state index in [2.05, 4.69) is 15.6 Å². The average Bonchev–Trinajstić information content (AvgIpc) is 2.96. The maximum Gasteiger partial charge on any atom is 0.416 e. The van der Waals surface area contributed by atoms with Gasteiger partial charge in [-0.25, -0.2) is 4.79 Å². The van der Waals surface area contributed by atoms with Crippen LogP contribution < -0.4 is 10.6 Å². The van der Waals surface area contributed by atoms with Crippen LogP contribution >= 0.6 is 0 Å². The number of nitrogens with one attached hydrogen (secondary N) is 3. The Morgan fingerprint density at radius 3 is 2.44 bits per heavy atom. The van der Waals surface area contributed by atoms with Crippen molar-refractivity contribution in [2.45, 2.75) is 6.18 Å². The summed E-state index contributed by atoms with van der Waals surface area (Å²) >= 11 is 0. The highest BCUT2D eigenvalue weighted by Crippen LogP contribution is 2.30. The SMILES string of the molecule is N#Cc1ccc2[nH]cc(NC(=O)Nc3ccc(C(F)(F)F)cc3)c2c1. The van der Waals surface area contributed by atoms with Crippen LogP contribution in [-0.2, 0) is 6.18 Å². The van der Waals surface area contributed by atoms with E-state index < -0.39 is 17.8 Å². The summed E-state index contributed by atoms with van der Waals surface area (Å²) in [5.74, 6) is 0. The number of aromatic amines is 1. The third-order valence-electron chi connectivity index (χ3n) is 3.53. The van der Waals surface area contributed by atoms with Crippen molar-refractivity contribution in [2.75, 3.05) is 10.6 Å². The van der Waals surface area contributed by atoms with Crippen LogP contribution in [0.15, 0.2) is 48.7 Å². The van der Waals surface area contributed by atoms with Crippen molar-refractivity contribution in [3.8, 4) is 6.07 Å². The van der Waals surface area contributed by atoms with Gasteiger partial charge in [0, 0.05) is 22.8 Å². The molecule has 5 nitrogen and oxygen atoms in total. The number of carbonyl (C=O) groups is 1. The first-order chi connectivity index (χ1) is 11.9. The number of hydrogen-bond donors (Lipinski definition) is 3. The van der Waals surface area contributed by atoms with E-state index >= 15 is 0 Å². The molecule has 126 valence electrons. The maximum absolute atomic E-state index is 12.5. The molecule has 3 N–H and O–H groups in total. The standard InChI is InChI=1S/C17H11F3N4O/c18-17(19,20)11-2-4-12(5-3-11)23-16(25)24-15-9-22-14-6-1-10(8-21)7-13(14)15/h1-7,9,22H,(H2,23,24,25). The Kier molecular flexibility index (Phi) is 4.07. The highest BCUT2D eigenvalue weighted by atomic mass is 19.4. The lowest BCUT2D eigenvalue weighted by Crippen LogP contribution is -2.19. The van der Waals surface area contributed by atoms with E-state index in [1.807, 2.05) is 6.07 Å². The number of nitrogens with zero attached hydrogens (tertiary/aromatic N) is 1. The number of benzene rings is 2. The van der Waals surface area contributed by atoms with Crippen LogP contribution in [0, 0.1) is 11.3 Å². The van der Waals surface area contributed by atoms with Gasteiger partial charge >= 0.3 is 12.2 Å². The molecule has 0 atom stereocenters. The Balaban J connectivity index is 1.74. The molecule has 8 heteroatoms. The van der Waals surface area contributed by atoms with Gasteiger partial charge in [-0.1, -0.05) is 0 Å². The number of halogens is 3.